The van der Waals surface area contributed by atoms with E-state index in [1.54, 1.807) is 12.1 Å². The summed E-state index contributed by atoms with van der Waals surface area (Å²) >= 11 is 5.82. The van der Waals surface area contributed by atoms with Crippen molar-refractivity contribution in [3.63, 3.8) is 0 Å². The monoisotopic (exact) mass is 322 g/mol. The van der Waals surface area contributed by atoms with Crippen molar-refractivity contribution in [3.05, 3.63) is 64.7 Å². The van der Waals surface area contributed by atoms with E-state index >= 15 is 0 Å². The molecule has 2 rings (SSSR count). The molecule has 2 N–H and O–H groups in total. The lowest BCUT2D eigenvalue weighted by Gasteiger charge is -2.15. The summed E-state index contributed by atoms with van der Waals surface area (Å²) in [6, 6.07) is 8.61. The number of amides is 1. The Bertz CT molecular complexity index is 634. The molecule has 1 unspecified atom stereocenters. The standard InChI is InChI=1S/C16H16ClFN2O2/c17-13-3-1-11(2-4-13)7-12(10-21)8-20-16(22)14-5-6-19-9-15(14)18/h1-6,9,12,21H,7-8,10H2,(H,20,22). The summed E-state index contributed by atoms with van der Waals surface area (Å²) in [7, 11) is 0. The van der Waals surface area contributed by atoms with E-state index in [1.807, 2.05) is 12.1 Å². The number of aliphatic hydroxyl groups is 1. The van der Waals surface area contributed by atoms with Crippen molar-refractivity contribution in [1.29, 1.82) is 0 Å². The number of rotatable bonds is 6. The van der Waals surface area contributed by atoms with E-state index in [2.05, 4.69) is 10.3 Å². The van der Waals surface area contributed by atoms with Crippen molar-refractivity contribution < 1.29 is 14.3 Å². The first kappa shape index (κ1) is 16.4. The maximum Gasteiger partial charge on any atom is 0.254 e. The van der Waals surface area contributed by atoms with Gasteiger partial charge < -0.3 is 10.4 Å². The van der Waals surface area contributed by atoms with Crippen LogP contribution in [0.3, 0.4) is 0 Å². The van der Waals surface area contributed by atoms with Crippen LogP contribution in [0.4, 0.5) is 4.39 Å². The Morgan fingerprint density at radius 3 is 2.68 bits per heavy atom. The van der Waals surface area contributed by atoms with Gasteiger partial charge >= 0.3 is 0 Å². The highest BCUT2D eigenvalue weighted by Gasteiger charge is 2.14. The third-order valence-corrected chi connectivity index (χ3v) is 3.52. The summed E-state index contributed by atoms with van der Waals surface area (Å²) in [6.07, 6.45) is 2.94. The Morgan fingerprint density at radius 1 is 1.32 bits per heavy atom. The molecule has 1 aromatic carbocycles. The molecule has 1 amide bonds. The molecule has 0 fully saturated rings. The predicted molar refractivity (Wildman–Crippen MR) is 82.3 cm³/mol. The van der Waals surface area contributed by atoms with Crippen LogP contribution in [0.5, 0.6) is 0 Å². The van der Waals surface area contributed by atoms with Crippen LogP contribution in [0.1, 0.15) is 15.9 Å². The highest BCUT2D eigenvalue weighted by molar-refractivity contribution is 6.30. The molecule has 0 aliphatic carbocycles. The molecule has 0 spiro atoms. The van der Waals surface area contributed by atoms with Crippen LogP contribution in [0.2, 0.25) is 5.02 Å². The molecule has 0 bridgehead atoms. The molecule has 0 saturated heterocycles. The number of hydrogen-bond acceptors (Lipinski definition) is 3. The number of nitrogens with one attached hydrogen (secondary N) is 1. The zero-order valence-corrected chi connectivity index (χ0v) is 12.6. The van der Waals surface area contributed by atoms with Gasteiger partial charge in [-0.15, -0.1) is 0 Å². The minimum atomic E-state index is -0.668. The maximum atomic E-state index is 13.4. The summed E-state index contributed by atoms with van der Waals surface area (Å²) in [5.41, 5.74) is 0.950. The number of carbonyl (C=O) groups is 1. The summed E-state index contributed by atoms with van der Waals surface area (Å²) in [5.74, 6) is -1.34. The summed E-state index contributed by atoms with van der Waals surface area (Å²) in [6.45, 7) is 0.168. The smallest absolute Gasteiger partial charge is 0.254 e. The lowest BCUT2D eigenvalue weighted by atomic mass is 10.00. The minimum Gasteiger partial charge on any atom is -0.396 e. The van der Waals surface area contributed by atoms with E-state index in [0.29, 0.717) is 11.4 Å². The topological polar surface area (TPSA) is 62.2 Å². The number of nitrogens with zero attached hydrogens (tertiary/aromatic N) is 1. The molecular weight excluding hydrogens is 307 g/mol. The lowest BCUT2D eigenvalue weighted by molar-refractivity contribution is 0.0935. The predicted octanol–water partition coefficient (Wildman–Crippen LogP) is 2.46. The zero-order valence-electron chi connectivity index (χ0n) is 11.8. The SMILES string of the molecule is O=C(NCC(CO)Cc1ccc(Cl)cc1)c1ccncc1F. The van der Waals surface area contributed by atoms with Gasteiger partial charge in [-0.1, -0.05) is 23.7 Å². The average molecular weight is 323 g/mol. The van der Waals surface area contributed by atoms with E-state index < -0.39 is 11.7 Å². The fourth-order valence-corrected chi connectivity index (χ4v) is 2.17. The Labute approximate surface area is 133 Å². The average Bonchev–Trinajstić information content (AvgIpc) is 2.53. The summed E-state index contributed by atoms with van der Waals surface area (Å²) in [4.78, 5) is 15.5. The molecule has 0 radical (unpaired) electrons. The van der Waals surface area contributed by atoms with Crippen LogP contribution in [0.25, 0.3) is 0 Å². The van der Waals surface area contributed by atoms with Crippen molar-refractivity contribution in [3.8, 4) is 0 Å². The Balaban J connectivity index is 1.92. The number of benzene rings is 1. The van der Waals surface area contributed by atoms with Gasteiger partial charge in [-0.2, -0.15) is 0 Å². The van der Waals surface area contributed by atoms with Gasteiger partial charge in [-0.05, 0) is 30.2 Å². The summed E-state index contributed by atoms with van der Waals surface area (Å²) < 4.78 is 13.4. The van der Waals surface area contributed by atoms with E-state index in [1.165, 1.54) is 12.3 Å². The third-order valence-electron chi connectivity index (χ3n) is 3.26. The van der Waals surface area contributed by atoms with Gasteiger partial charge in [0.2, 0.25) is 0 Å². The molecule has 0 aliphatic rings. The van der Waals surface area contributed by atoms with Gasteiger partial charge in [0.1, 0.15) is 0 Å². The van der Waals surface area contributed by atoms with Gasteiger partial charge in [0.15, 0.2) is 5.82 Å². The van der Waals surface area contributed by atoms with E-state index in [-0.39, 0.29) is 24.6 Å². The second-order valence-corrected chi connectivity index (χ2v) is 5.38. The first-order valence-electron chi connectivity index (χ1n) is 6.83. The van der Waals surface area contributed by atoms with Crippen LogP contribution in [-0.2, 0) is 6.42 Å². The number of pyridine rings is 1. The van der Waals surface area contributed by atoms with Crippen molar-refractivity contribution in [2.45, 2.75) is 6.42 Å². The number of aliphatic hydroxyl groups excluding tert-OH is 1. The molecule has 1 aromatic heterocycles. The number of halogens is 2. The number of hydrogen-bond donors (Lipinski definition) is 2. The largest absolute Gasteiger partial charge is 0.396 e. The van der Waals surface area contributed by atoms with Gasteiger partial charge in [-0.3, -0.25) is 9.78 Å². The molecule has 6 heteroatoms. The third kappa shape index (κ3) is 4.51. The van der Waals surface area contributed by atoms with E-state index in [4.69, 9.17) is 11.6 Å². The second kappa shape index (κ2) is 7.87. The molecule has 0 aliphatic heterocycles. The molecule has 2 aromatic rings. The fraction of sp³-hybridized carbons (Fsp3) is 0.250. The quantitative estimate of drug-likeness (QED) is 0.858. The highest BCUT2D eigenvalue weighted by atomic mass is 35.5. The first-order valence-corrected chi connectivity index (χ1v) is 7.21. The first-order chi connectivity index (χ1) is 10.6. The Kier molecular flexibility index (Phi) is 5.86. The second-order valence-electron chi connectivity index (χ2n) is 4.94. The molecule has 0 saturated carbocycles. The Morgan fingerprint density at radius 2 is 2.05 bits per heavy atom. The van der Waals surface area contributed by atoms with Crippen molar-refractivity contribution >= 4 is 17.5 Å². The van der Waals surface area contributed by atoms with Crippen LogP contribution >= 0.6 is 11.6 Å². The van der Waals surface area contributed by atoms with Crippen molar-refractivity contribution in [1.82, 2.24) is 10.3 Å². The molecule has 1 atom stereocenters. The van der Waals surface area contributed by atoms with Gasteiger partial charge in [-0.25, -0.2) is 4.39 Å². The van der Waals surface area contributed by atoms with Crippen LogP contribution in [0.15, 0.2) is 42.7 Å². The minimum absolute atomic E-state index is 0.0572. The van der Waals surface area contributed by atoms with Gasteiger partial charge in [0, 0.05) is 30.3 Å². The number of aromatic nitrogens is 1. The number of carbonyl (C=O) groups excluding carboxylic acids is 1. The van der Waals surface area contributed by atoms with Crippen molar-refractivity contribution in [2.24, 2.45) is 5.92 Å². The normalized spacial score (nSPS) is 12.0. The molecule has 116 valence electrons. The van der Waals surface area contributed by atoms with Crippen LogP contribution in [-0.4, -0.2) is 29.1 Å². The highest BCUT2D eigenvalue weighted by Crippen LogP contribution is 2.13. The molecular formula is C16H16ClFN2O2. The maximum absolute atomic E-state index is 13.4. The zero-order chi connectivity index (χ0) is 15.9. The van der Waals surface area contributed by atoms with E-state index in [0.717, 1.165) is 11.8 Å². The van der Waals surface area contributed by atoms with Crippen molar-refractivity contribution in [2.75, 3.05) is 13.2 Å². The lowest BCUT2D eigenvalue weighted by Crippen LogP contribution is -2.32. The fourth-order valence-electron chi connectivity index (χ4n) is 2.05. The van der Waals surface area contributed by atoms with Gasteiger partial charge in [0.05, 0.1) is 11.8 Å². The Hall–Kier alpha value is -1.98. The van der Waals surface area contributed by atoms with Gasteiger partial charge in [0.25, 0.3) is 5.91 Å². The summed E-state index contributed by atoms with van der Waals surface area (Å²) in [5, 5.41) is 12.7. The molecule has 4 nitrogen and oxygen atoms in total. The molecule has 22 heavy (non-hydrogen) atoms. The van der Waals surface area contributed by atoms with E-state index in [9.17, 15) is 14.3 Å². The van der Waals surface area contributed by atoms with Crippen LogP contribution < -0.4 is 5.32 Å². The molecule has 1 heterocycles. The van der Waals surface area contributed by atoms with Crippen LogP contribution in [0, 0.1) is 11.7 Å².